The SMILES string of the molecule is COC(=O)C(CN)(Cc1ccn(C2CCCC2)n1)C1CC1. The fraction of sp³-hybridized carbons (Fsp3) is 0.750. The molecule has 21 heavy (non-hydrogen) atoms. The van der Waals surface area contributed by atoms with E-state index in [4.69, 9.17) is 15.6 Å². The molecule has 0 radical (unpaired) electrons. The molecule has 0 spiro atoms. The Morgan fingerprint density at radius 3 is 2.71 bits per heavy atom. The van der Waals surface area contributed by atoms with E-state index in [0.717, 1.165) is 18.5 Å². The second-order valence-corrected chi connectivity index (χ2v) is 6.53. The van der Waals surface area contributed by atoms with Gasteiger partial charge in [0.1, 0.15) is 0 Å². The normalized spacial score (nSPS) is 22.2. The molecule has 0 aromatic carbocycles. The van der Waals surface area contributed by atoms with Crippen molar-refractivity contribution in [2.24, 2.45) is 17.1 Å². The van der Waals surface area contributed by atoms with E-state index >= 15 is 0 Å². The number of rotatable bonds is 6. The summed E-state index contributed by atoms with van der Waals surface area (Å²) in [5.41, 5.74) is 6.35. The molecule has 1 heterocycles. The molecular weight excluding hydrogens is 266 g/mol. The largest absolute Gasteiger partial charge is 0.469 e. The standard InChI is InChI=1S/C16H25N3O2/c1-21-15(20)16(11-17,12-6-7-12)10-13-8-9-19(18-13)14-4-2-3-5-14/h8-9,12,14H,2-7,10-11,17H2,1H3. The van der Waals surface area contributed by atoms with Crippen molar-refractivity contribution in [3.63, 3.8) is 0 Å². The number of hydrogen-bond donors (Lipinski definition) is 1. The van der Waals surface area contributed by atoms with Gasteiger partial charge in [0.05, 0.1) is 24.3 Å². The monoisotopic (exact) mass is 291 g/mol. The molecule has 116 valence electrons. The Labute approximate surface area is 125 Å². The summed E-state index contributed by atoms with van der Waals surface area (Å²) in [4.78, 5) is 12.3. The van der Waals surface area contributed by atoms with Crippen LogP contribution in [0, 0.1) is 11.3 Å². The number of nitrogens with two attached hydrogens (primary N) is 1. The van der Waals surface area contributed by atoms with Crippen molar-refractivity contribution >= 4 is 5.97 Å². The van der Waals surface area contributed by atoms with E-state index < -0.39 is 5.41 Å². The second-order valence-electron chi connectivity index (χ2n) is 6.53. The van der Waals surface area contributed by atoms with Crippen LogP contribution in [0.1, 0.15) is 50.3 Å². The number of nitrogens with zero attached hydrogens (tertiary/aromatic N) is 2. The first-order chi connectivity index (χ1) is 10.2. The predicted octanol–water partition coefficient (Wildman–Crippen LogP) is 2.07. The zero-order valence-corrected chi connectivity index (χ0v) is 12.8. The highest BCUT2D eigenvalue weighted by Gasteiger charge is 2.51. The number of ether oxygens (including phenoxy) is 1. The van der Waals surface area contributed by atoms with E-state index in [9.17, 15) is 4.79 Å². The van der Waals surface area contributed by atoms with Crippen LogP contribution in [-0.2, 0) is 16.0 Å². The zero-order valence-electron chi connectivity index (χ0n) is 12.8. The van der Waals surface area contributed by atoms with Gasteiger partial charge in [0, 0.05) is 19.2 Å². The average molecular weight is 291 g/mol. The van der Waals surface area contributed by atoms with Gasteiger partial charge in [0.15, 0.2) is 0 Å². The lowest BCUT2D eigenvalue weighted by molar-refractivity contribution is -0.153. The minimum atomic E-state index is -0.580. The Kier molecular flexibility index (Phi) is 4.02. The molecule has 2 saturated carbocycles. The van der Waals surface area contributed by atoms with Gasteiger partial charge >= 0.3 is 5.97 Å². The molecule has 2 aliphatic rings. The Bertz CT molecular complexity index is 503. The molecule has 2 fully saturated rings. The average Bonchev–Trinajstić information content (AvgIpc) is 3.04. The van der Waals surface area contributed by atoms with Crippen LogP contribution >= 0.6 is 0 Å². The Morgan fingerprint density at radius 2 is 2.14 bits per heavy atom. The summed E-state index contributed by atoms with van der Waals surface area (Å²) in [6, 6.07) is 2.57. The number of methoxy groups -OCH3 is 1. The zero-order chi connectivity index (χ0) is 14.9. The third-order valence-electron chi connectivity index (χ3n) is 5.17. The third kappa shape index (κ3) is 2.71. The third-order valence-corrected chi connectivity index (χ3v) is 5.17. The minimum Gasteiger partial charge on any atom is -0.469 e. The highest BCUT2D eigenvalue weighted by Crippen LogP contribution is 2.47. The van der Waals surface area contributed by atoms with Gasteiger partial charge in [-0.25, -0.2) is 0 Å². The topological polar surface area (TPSA) is 70.1 Å². The quantitative estimate of drug-likeness (QED) is 0.815. The van der Waals surface area contributed by atoms with Crippen molar-refractivity contribution in [1.29, 1.82) is 0 Å². The van der Waals surface area contributed by atoms with Gasteiger partial charge < -0.3 is 10.5 Å². The molecule has 0 amide bonds. The molecule has 1 atom stereocenters. The van der Waals surface area contributed by atoms with E-state index in [2.05, 4.69) is 10.9 Å². The van der Waals surface area contributed by atoms with Gasteiger partial charge in [-0.15, -0.1) is 0 Å². The van der Waals surface area contributed by atoms with E-state index in [0.29, 0.717) is 24.9 Å². The first kappa shape index (κ1) is 14.6. The maximum Gasteiger partial charge on any atom is 0.313 e. The maximum absolute atomic E-state index is 12.3. The minimum absolute atomic E-state index is 0.178. The lowest BCUT2D eigenvalue weighted by atomic mass is 9.78. The summed E-state index contributed by atoms with van der Waals surface area (Å²) >= 11 is 0. The van der Waals surface area contributed by atoms with Gasteiger partial charge in [0.25, 0.3) is 0 Å². The summed E-state index contributed by atoms with van der Waals surface area (Å²) in [6.07, 6.45) is 9.78. The van der Waals surface area contributed by atoms with Crippen LogP contribution in [0.3, 0.4) is 0 Å². The summed E-state index contributed by atoms with van der Waals surface area (Å²) in [5, 5.41) is 4.71. The maximum atomic E-state index is 12.3. The summed E-state index contributed by atoms with van der Waals surface area (Å²) in [5.74, 6) is 0.175. The number of carbonyl (C=O) groups is 1. The fourth-order valence-electron chi connectivity index (χ4n) is 3.71. The molecule has 2 N–H and O–H groups in total. The van der Waals surface area contributed by atoms with Crippen LogP contribution in [-0.4, -0.2) is 29.4 Å². The van der Waals surface area contributed by atoms with Crippen molar-refractivity contribution in [1.82, 2.24) is 9.78 Å². The van der Waals surface area contributed by atoms with Crippen LogP contribution in [0.5, 0.6) is 0 Å². The van der Waals surface area contributed by atoms with Crippen LogP contribution in [0.2, 0.25) is 0 Å². The first-order valence-corrected chi connectivity index (χ1v) is 8.02. The molecule has 1 aromatic heterocycles. The number of esters is 1. The molecule has 3 rings (SSSR count). The predicted molar refractivity (Wildman–Crippen MR) is 79.7 cm³/mol. The molecule has 0 saturated heterocycles. The van der Waals surface area contributed by atoms with Crippen LogP contribution in [0.15, 0.2) is 12.3 Å². The van der Waals surface area contributed by atoms with E-state index in [1.165, 1.54) is 32.8 Å². The Hall–Kier alpha value is -1.36. The highest BCUT2D eigenvalue weighted by molar-refractivity contribution is 5.78. The molecule has 1 unspecified atom stereocenters. The lowest BCUT2D eigenvalue weighted by Gasteiger charge is -2.28. The van der Waals surface area contributed by atoms with Crippen molar-refractivity contribution < 1.29 is 9.53 Å². The van der Waals surface area contributed by atoms with Gasteiger partial charge in [0.2, 0.25) is 0 Å². The van der Waals surface area contributed by atoms with E-state index in [1.54, 1.807) is 0 Å². The van der Waals surface area contributed by atoms with Gasteiger partial charge in [-0.3, -0.25) is 9.48 Å². The number of aromatic nitrogens is 2. The van der Waals surface area contributed by atoms with Crippen LogP contribution < -0.4 is 5.73 Å². The van der Waals surface area contributed by atoms with Crippen molar-refractivity contribution in [3.8, 4) is 0 Å². The van der Waals surface area contributed by atoms with E-state index in [-0.39, 0.29) is 5.97 Å². The van der Waals surface area contributed by atoms with Crippen molar-refractivity contribution in [2.45, 2.75) is 51.0 Å². The highest BCUT2D eigenvalue weighted by atomic mass is 16.5. The lowest BCUT2D eigenvalue weighted by Crippen LogP contribution is -2.43. The molecule has 0 bridgehead atoms. The molecule has 5 heteroatoms. The molecule has 0 aliphatic heterocycles. The molecule has 2 aliphatic carbocycles. The second kappa shape index (κ2) is 5.79. The first-order valence-electron chi connectivity index (χ1n) is 8.02. The summed E-state index contributed by atoms with van der Waals surface area (Å²) in [6.45, 7) is 0.334. The van der Waals surface area contributed by atoms with Crippen molar-refractivity contribution in [3.05, 3.63) is 18.0 Å². The van der Waals surface area contributed by atoms with Crippen LogP contribution in [0.4, 0.5) is 0 Å². The molecule has 1 aromatic rings. The van der Waals surface area contributed by atoms with Gasteiger partial charge in [-0.05, 0) is 37.7 Å². The summed E-state index contributed by atoms with van der Waals surface area (Å²) in [7, 11) is 1.45. The van der Waals surface area contributed by atoms with E-state index in [1.807, 2.05) is 6.07 Å². The molecular formula is C16H25N3O2. The number of carbonyl (C=O) groups excluding carboxylic acids is 1. The van der Waals surface area contributed by atoms with Gasteiger partial charge in [-0.2, -0.15) is 5.10 Å². The van der Waals surface area contributed by atoms with Gasteiger partial charge in [-0.1, -0.05) is 12.8 Å². The summed E-state index contributed by atoms with van der Waals surface area (Å²) < 4.78 is 7.11. The fourth-order valence-corrected chi connectivity index (χ4v) is 3.71. The van der Waals surface area contributed by atoms with Crippen LogP contribution in [0.25, 0.3) is 0 Å². The smallest absolute Gasteiger partial charge is 0.313 e. The Balaban J connectivity index is 1.78. The number of hydrogen-bond acceptors (Lipinski definition) is 4. The Morgan fingerprint density at radius 1 is 1.43 bits per heavy atom. The molecule has 5 nitrogen and oxygen atoms in total. The van der Waals surface area contributed by atoms with Crippen molar-refractivity contribution in [2.75, 3.05) is 13.7 Å².